The van der Waals surface area contributed by atoms with Crippen LogP contribution >= 0.6 is 11.6 Å². The highest BCUT2D eigenvalue weighted by Gasteiger charge is 2.36. The first-order chi connectivity index (χ1) is 11.6. The van der Waals surface area contributed by atoms with E-state index in [0.717, 1.165) is 6.42 Å². The van der Waals surface area contributed by atoms with Gasteiger partial charge in [0.25, 0.3) is 0 Å². The zero-order valence-electron chi connectivity index (χ0n) is 14.9. The number of carbonyl (C=O) groups is 3. The van der Waals surface area contributed by atoms with Crippen LogP contribution in [0.3, 0.4) is 0 Å². The second kappa shape index (κ2) is 7.47. The summed E-state index contributed by atoms with van der Waals surface area (Å²) >= 11 is 6.00. The van der Waals surface area contributed by atoms with Gasteiger partial charge >= 0.3 is 12.1 Å². The lowest BCUT2D eigenvalue weighted by Gasteiger charge is -2.28. The summed E-state index contributed by atoms with van der Waals surface area (Å²) < 4.78 is 11.5. The molecule has 1 aromatic heterocycles. The van der Waals surface area contributed by atoms with Crippen LogP contribution in [0.4, 0.5) is 4.79 Å². The van der Waals surface area contributed by atoms with Gasteiger partial charge in [-0.15, -0.1) is 0 Å². The highest BCUT2D eigenvalue weighted by Crippen LogP contribution is 2.23. The van der Waals surface area contributed by atoms with Crippen molar-refractivity contribution >= 4 is 29.4 Å². The van der Waals surface area contributed by atoms with E-state index in [1.54, 1.807) is 27.0 Å². The van der Waals surface area contributed by atoms with E-state index in [-0.39, 0.29) is 23.0 Å². The third kappa shape index (κ3) is 4.54. The molecule has 0 radical (unpaired) electrons. The highest BCUT2D eigenvalue weighted by molar-refractivity contribution is 6.33. The second-order valence-electron chi connectivity index (χ2n) is 6.93. The number of likely N-dealkylation sites (tertiary alicyclic amines) is 1. The number of nitrogens with zero attached hydrogens (tertiary/aromatic N) is 2. The molecule has 138 valence electrons. The number of hydrogen-bond donors (Lipinski definition) is 0. The SMILES string of the molecule is COC(=O)c1c(Cl)ccn1CC(=O)C1CCCN1C(=O)OC(C)(C)C. The van der Waals surface area contributed by atoms with Gasteiger partial charge in [0.05, 0.1) is 24.7 Å². The third-order valence-electron chi connectivity index (χ3n) is 3.87. The van der Waals surface area contributed by atoms with Gasteiger partial charge in [-0.25, -0.2) is 9.59 Å². The molecule has 0 aromatic carbocycles. The molecule has 2 rings (SSSR count). The van der Waals surface area contributed by atoms with Crippen LogP contribution in [-0.2, 0) is 20.8 Å². The first-order valence-corrected chi connectivity index (χ1v) is 8.47. The van der Waals surface area contributed by atoms with Crippen molar-refractivity contribution in [2.45, 2.75) is 51.8 Å². The number of amides is 1. The topological polar surface area (TPSA) is 77.8 Å². The zero-order chi connectivity index (χ0) is 18.8. The Morgan fingerprint density at radius 2 is 2.00 bits per heavy atom. The molecule has 0 N–H and O–H groups in total. The molecule has 1 fully saturated rings. The van der Waals surface area contributed by atoms with E-state index in [1.165, 1.54) is 22.6 Å². The lowest BCUT2D eigenvalue weighted by Crippen LogP contribution is -2.44. The van der Waals surface area contributed by atoms with E-state index >= 15 is 0 Å². The maximum atomic E-state index is 12.7. The van der Waals surface area contributed by atoms with Crippen LogP contribution in [0.15, 0.2) is 12.3 Å². The minimum absolute atomic E-state index is 0.0683. The van der Waals surface area contributed by atoms with Crippen molar-refractivity contribution in [2.24, 2.45) is 0 Å². The van der Waals surface area contributed by atoms with E-state index in [1.807, 2.05) is 0 Å². The standard InChI is InChI=1S/C17H23ClN2O5/c1-17(2,3)25-16(23)20-8-5-6-12(20)13(21)10-19-9-7-11(18)14(19)15(22)24-4/h7,9,12H,5-6,8,10H2,1-4H3. The lowest BCUT2D eigenvalue weighted by atomic mass is 10.1. The number of rotatable bonds is 4. The molecule has 0 aliphatic carbocycles. The van der Waals surface area contributed by atoms with Crippen LogP contribution in [0.5, 0.6) is 0 Å². The second-order valence-corrected chi connectivity index (χ2v) is 7.34. The van der Waals surface area contributed by atoms with Crippen molar-refractivity contribution in [1.82, 2.24) is 9.47 Å². The van der Waals surface area contributed by atoms with E-state index in [4.69, 9.17) is 21.1 Å². The molecule has 1 saturated heterocycles. The van der Waals surface area contributed by atoms with Crippen LogP contribution in [0.1, 0.15) is 44.1 Å². The van der Waals surface area contributed by atoms with E-state index in [9.17, 15) is 14.4 Å². The fraction of sp³-hybridized carbons (Fsp3) is 0.588. The first kappa shape index (κ1) is 19.3. The number of esters is 1. The normalized spacial score (nSPS) is 17.5. The summed E-state index contributed by atoms with van der Waals surface area (Å²) in [5.41, 5.74) is -0.501. The molecule has 1 unspecified atom stereocenters. The Morgan fingerprint density at radius 3 is 2.60 bits per heavy atom. The molecule has 1 aliphatic rings. The summed E-state index contributed by atoms with van der Waals surface area (Å²) in [5.74, 6) is -0.793. The van der Waals surface area contributed by atoms with Crippen molar-refractivity contribution in [2.75, 3.05) is 13.7 Å². The summed E-state index contributed by atoms with van der Waals surface area (Å²) in [6.07, 6.45) is 2.35. The van der Waals surface area contributed by atoms with Gasteiger partial charge in [0.1, 0.15) is 11.3 Å². The molecule has 0 saturated carbocycles. The van der Waals surface area contributed by atoms with Gasteiger partial charge in [-0.1, -0.05) is 11.6 Å². The zero-order valence-corrected chi connectivity index (χ0v) is 15.6. The fourth-order valence-electron chi connectivity index (χ4n) is 2.80. The van der Waals surface area contributed by atoms with E-state index in [2.05, 4.69) is 0 Å². The average molecular weight is 371 g/mol. The number of methoxy groups -OCH3 is 1. The molecule has 1 amide bonds. The minimum Gasteiger partial charge on any atom is -0.464 e. The summed E-state index contributed by atoms with van der Waals surface area (Å²) in [5, 5.41) is 0.218. The molecule has 1 aliphatic heterocycles. The number of Topliss-reactive ketones (excluding diaryl/α,β-unsaturated/α-hetero) is 1. The van der Waals surface area contributed by atoms with Gasteiger partial charge in [-0.2, -0.15) is 0 Å². The molecule has 0 bridgehead atoms. The number of aromatic nitrogens is 1. The van der Waals surface area contributed by atoms with Crippen LogP contribution in [0, 0.1) is 0 Å². The molecule has 25 heavy (non-hydrogen) atoms. The van der Waals surface area contributed by atoms with Crippen LogP contribution < -0.4 is 0 Å². The van der Waals surface area contributed by atoms with Crippen LogP contribution in [-0.4, -0.2) is 52.6 Å². The Hall–Kier alpha value is -2.02. The number of ether oxygens (including phenoxy) is 2. The van der Waals surface area contributed by atoms with Crippen molar-refractivity contribution in [3.63, 3.8) is 0 Å². The Bertz CT molecular complexity index is 677. The summed E-state index contributed by atoms with van der Waals surface area (Å²) in [6, 6.07) is 0.961. The summed E-state index contributed by atoms with van der Waals surface area (Å²) in [7, 11) is 1.25. The average Bonchev–Trinajstić information content (AvgIpc) is 3.12. The predicted octanol–water partition coefficient (Wildman–Crippen LogP) is 2.90. The highest BCUT2D eigenvalue weighted by atomic mass is 35.5. The van der Waals surface area contributed by atoms with Gasteiger partial charge in [0.15, 0.2) is 5.78 Å². The number of carbonyl (C=O) groups excluding carboxylic acids is 3. The van der Waals surface area contributed by atoms with Gasteiger partial charge in [-0.3, -0.25) is 9.69 Å². The van der Waals surface area contributed by atoms with Gasteiger partial charge in [0.2, 0.25) is 0 Å². The number of ketones is 1. The largest absolute Gasteiger partial charge is 0.464 e. The van der Waals surface area contributed by atoms with Crippen molar-refractivity contribution in [3.05, 3.63) is 23.0 Å². The predicted molar refractivity (Wildman–Crippen MR) is 91.8 cm³/mol. The van der Waals surface area contributed by atoms with Gasteiger partial charge in [0, 0.05) is 12.7 Å². The Morgan fingerprint density at radius 1 is 1.32 bits per heavy atom. The first-order valence-electron chi connectivity index (χ1n) is 8.09. The third-order valence-corrected chi connectivity index (χ3v) is 4.18. The Labute approximate surface area is 151 Å². The Kier molecular flexibility index (Phi) is 5.77. The maximum Gasteiger partial charge on any atom is 0.410 e. The van der Waals surface area contributed by atoms with E-state index in [0.29, 0.717) is 13.0 Å². The molecular formula is C17H23ClN2O5. The van der Waals surface area contributed by atoms with Crippen LogP contribution in [0.2, 0.25) is 5.02 Å². The molecule has 0 spiro atoms. The molecule has 2 heterocycles. The number of halogens is 1. The van der Waals surface area contributed by atoms with Crippen molar-refractivity contribution < 1.29 is 23.9 Å². The number of hydrogen-bond acceptors (Lipinski definition) is 5. The smallest absolute Gasteiger partial charge is 0.410 e. The van der Waals surface area contributed by atoms with Gasteiger partial charge < -0.3 is 14.0 Å². The summed E-state index contributed by atoms with van der Waals surface area (Å²) in [4.78, 5) is 38.3. The Balaban J connectivity index is 2.13. The molecule has 7 nitrogen and oxygen atoms in total. The monoisotopic (exact) mass is 370 g/mol. The van der Waals surface area contributed by atoms with Crippen LogP contribution in [0.25, 0.3) is 0 Å². The lowest BCUT2D eigenvalue weighted by molar-refractivity contribution is -0.123. The molecule has 1 atom stereocenters. The van der Waals surface area contributed by atoms with Crippen molar-refractivity contribution in [1.29, 1.82) is 0 Å². The van der Waals surface area contributed by atoms with Crippen molar-refractivity contribution in [3.8, 4) is 0 Å². The van der Waals surface area contributed by atoms with Gasteiger partial charge in [-0.05, 0) is 39.7 Å². The summed E-state index contributed by atoms with van der Waals surface area (Å²) in [6.45, 7) is 5.75. The minimum atomic E-state index is -0.626. The van der Waals surface area contributed by atoms with E-state index < -0.39 is 23.7 Å². The quantitative estimate of drug-likeness (QED) is 0.761. The molecular weight excluding hydrogens is 348 g/mol. The maximum absolute atomic E-state index is 12.7. The molecule has 8 heteroatoms. The fourth-order valence-corrected chi connectivity index (χ4v) is 3.05. The molecule has 1 aromatic rings.